The molecule has 0 aliphatic rings. The van der Waals surface area contributed by atoms with Gasteiger partial charge in [-0.1, -0.05) is 48.5 Å². The number of amides is 1. The molecule has 0 fully saturated rings. The Balaban J connectivity index is 1.51. The normalized spacial score (nSPS) is 11.0. The van der Waals surface area contributed by atoms with E-state index in [-0.39, 0.29) is 10.8 Å². The molecule has 28 heavy (non-hydrogen) atoms. The molecular formula is C22H22N2O3S. The zero-order chi connectivity index (χ0) is 19.8. The lowest BCUT2D eigenvalue weighted by atomic mass is 10.1. The molecule has 5 nitrogen and oxygen atoms in total. The largest absolute Gasteiger partial charge is 0.352 e. The lowest BCUT2D eigenvalue weighted by molar-refractivity contribution is 0.0953. The van der Waals surface area contributed by atoms with Gasteiger partial charge >= 0.3 is 0 Å². The van der Waals surface area contributed by atoms with Crippen LogP contribution in [-0.4, -0.2) is 20.9 Å². The third-order valence-corrected chi connectivity index (χ3v) is 5.62. The second-order valence-electron chi connectivity index (χ2n) is 6.34. The number of carbonyl (C=O) groups excluding carboxylic acids is 1. The molecule has 1 amide bonds. The number of rotatable bonds is 8. The smallest absolute Gasteiger partial charge is 0.261 e. The van der Waals surface area contributed by atoms with Gasteiger partial charge < -0.3 is 5.32 Å². The molecule has 0 spiro atoms. The Morgan fingerprint density at radius 3 is 2.04 bits per heavy atom. The summed E-state index contributed by atoms with van der Waals surface area (Å²) < 4.78 is 27.2. The molecule has 3 rings (SSSR count). The molecule has 0 atom stereocenters. The van der Waals surface area contributed by atoms with E-state index in [4.69, 9.17) is 0 Å². The average Bonchev–Trinajstić information content (AvgIpc) is 2.73. The minimum atomic E-state index is -3.64. The van der Waals surface area contributed by atoms with E-state index in [2.05, 4.69) is 22.2 Å². The summed E-state index contributed by atoms with van der Waals surface area (Å²) in [5.41, 5.74) is 2.14. The van der Waals surface area contributed by atoms with Crippen molar-refractivity contribution in [1.82, 2.24) is 5.32 Å². The first-order valence-corrected chi connectivity index (χ1v) is 10.5. The Morgan fingerprint density at radius 2 is 1.39 bits per heavy atom. The zero-order valence-corrected chi connectivity index (χ0v) is 16.2. The van der Waals surface area contributed by atoms with E-state index in [0.717, 1.165) is 12.8 Å². The SMILES string of the molecule is O=C(NCCCc1ccccc1)c1ccc(NS(=O)(=O)c2ccccc2)cc1. The third-order valence-electron chi connectivity index (χ3n) is 4.22. The van der Waals surface area contributed by atoms with Crippen molar-refractivity contribution in [2.45, 2.75) is 17.7 Å². The zero-order valence-electron chi connectivity index (χ0n) is 15.3. The van der Waals surface area contributed by atoms with Gasteiger partial charge in [0.1, 0.15) is 0 Å². The van der Waals surface area contributed by atoms with Gasteiger partial charge in [0, 0.05) is 17.8 Å². The van der Waals surface area contributed by atoms with Crippen molar-refractivity contribution < 1.29 is 13.2 Å². The molecule has 0 radical (unpaired) electrons. The highest BCUT2D eigenvalue weighted by atomic mass is 32.2. The van der Waals surface area contributed by atoms with Gasteiger partial charge in [-0.2, -0.15) is 0 Å². The van der Waals surface area contributed by atoms with Gasteiger partial charge in [0.25, 0.3) is 15.9 Å². The maximum absolute atomic E-state index is 12.3. The first-order chi connectivity index (χ1) is 13.5. The third kappa shape index (κ3) is 5.44. The molecule has 3 aromatic rings. The van der Waals surface area contributed by atoms with E-state index in [0.29, 0.717) is 17.8 Å². The number of sulfonamides is 1. The Bertz CT molecular complexity index is 1000. The van der Waals surface area contributed by atoms with Gasteiger partial charge in [-0.3, -0.25) is 9.52 Å². The van der Waals surface area contributed by atoms with Crippen LogP contribution in [0.25, 0.3) is 0 Å². The Labute approximate surface area is 165 Å². The van der Waals surface area contributed by atoms with Crippen molar-refractivity contribution in [2.24, 2.45) is 0 Å². The van der Waals surface area contributed by atoms with Crippen LogP contribution in [0.2, 0.25) is 0 Å². The van der Waals surface area contributed by atoms with Crippen molar-refractivity contribution in [3.05, 3.63) is 96.1 Å². The first kappa shape index (κ1) is 19.6. The van der Waals surface area contributed by atoms with E-state index >= 15 is 0 Å². The number of aryl methyl sites for hydroxylation is 1. The second-order valence-corrected chi connectivity index (χ2v) is 8.02. The van der Waals surface area contributed by atoms with Crippen LogP contribution >= 0.6 is 0 Å². The van der Waals surface area contributed by atoms with Crippen LogP contribution in [0.3, 0.4) is 0 Å². The molecule has 3 aromatic carbocycles. The summed E-state index contributed by atoms with van der Waals surface area (Å²) in [7, 11) is -3.64. The fraction of sp³-hybridized carbons (Fsp3) is 0.136. The molecule has 144 valence electrons. The highest BCUT2D eigenvalue weighted by molar-refractivity contribution is 7.92. The summed E-state index contributed by atoms with van der Waals surface area (Å²) in [6.45, 7) is 0.579. The van der Waals surface area contributed by atoms with Crippen molar-refractivity contribution in [3.63, 3.8) is 0 Å². The Kier molecular flexibility index (Phi) is 6.45. The van der Waals surface area contributed by atoms with Gasteiger partial charge in [-0.05, 0) is 54.8 Å². The maximum Gasteiger partial charge on any atom is 0.261 e. The quantitative estimate of drug-likeness (QED) is 0.570. The number of benzene rings is 3. The van der Waals surface area contributed by atoms with Crippen LogP contribution in [-0.2, 0) is 16.4 Å². The fourth-order valence-electron chi connectivity index (χ4n) is 2.74. The van der Waals surface area contributed by atoms with Crippen LogP contribution in [0, 0.1) is 0 Å². The van der Waals surface area contributed by atoms with Crippen LogP contribution < -0.4 is 10.0 Å². The minimum absolute atomic E-state index is 0.175. The average molecular weight is 394 g/mol. The van der Waals surface area contributed by atoms with Crippen LogP contribution in [0.5, 0.6) is 0 Å². The van der Waals surface area contributed by atoms with Crippen molar-refractivity contribution in [2.75, 3.05) is 11.3 Å². The predicted molar refractivity (Wildman–Crippen MR) is 111 cm³/mol. The lowest BCUT2D eigenvalue weighted by Crippen LogP contribution is -2.24. The molecule has 0 saturated heterocycles. The molecule has 0 aliphatic carbocycles. The van der Waals surface area contributed by atoms with Gasteiger partial charge in [-0.25, -0.2) is 8.42 Å². The van der Waals surface area contributed by atoms with Crippen LogP contribution in [0.4, 0.5) is 5.69 Å². The van der Waals surface area contributed by atoms with Crippen molar-refractivity contribution in [1.29, 1.82) is 0 Å². The van der Waals surface area contributed by atoms with E-state index < -0.39 is 10.0 Å². The topological polar surface area (TPSA) is 75.3 Å². The Hall–Kier alpha value is -3.12. The van der Waals surface area contributed by atoms with Gasteiger partial charge in [0.05, 0.1) is 4.90 Å². The molecule has 2 N–H and O–H groups in total. The van der Waals surface area contributed by atoms with Crippen LogP contribution in [0.1, 0.15) is 22.3 Å². The second kappa shape index (κ2) is 9.19. The standard InChI is InChI=1S/C22H22N2O3S/c25-22(23-17-7-10-18-8-3-1-4-9-18)19-13-15-20(16-14-19)24-28(26,27)21-11-5-2-6-12-21/h1-6,8-9,11-16,24H,7,10,17H2,(H,23,25). The molecule has 0 saturated carbocycles. The lowest BCUT2D eigenvalue weighted by Gasteiger charge is -2.09. The molecule has 0 bridgehead atoms. The fourth-order valence-corrected chi connectivity index (χ4v) is 3.82. The Morgan fingerprint density at radius 1 is 0.786 bits per heavy atom. The summed E-state index contributed by atoms with van der Waals surface area (Å²) in [4.78, 5) is 12.4. The molecule has 6 heteroatoms. The maximum atomic E-state index is 12.3. The molecule has 0 unspecified atom stereocenters. The monoisotopic (exact) mass is 394 g/mol. The summed E-state index contributed by atoms with van der Waals surface area (Å²) in [6.07, 6.45) is 1.76. The van der Waals surface area contributed by atoms with Crippen LogP contribution in [0.15, 0.2) is 89.8 Å². The summed E-state index contributed by atoms with van der Waals surface area (Å²) in [5, 5.41) is 2.89. The summed E-state index contributed by atoms with van der Waals surface area (Å²) in [6, 6.07) is 24.6. The predicted octanol–water partition coefficient (Wildman–Crippen LogP) is 3.85. The first-order valence-electron chi connectivity index (χ1n) is 9.05. The summed E-state index contributed by atoms with van der Waals surface area (Å²) >= 11 is 0. The van der Waals surface area contributed by atoms with E-state index in [9.17, 15) is 13.2 Å². The van der Waals surface area contributed by atoms with E-state index in [1.54, 1.807) is 42.5 Å². The van der Waals surface area contributed by atoms with Gasteiger partial charge in [0.15, 0.2) is 0 Å². The molecule has 0 heterocycles. The van der Waals surface area contributed by atoms with Crippen molar-refractivity contribution in [3.8, 4) is 0 Å². The minimum Gasteiger partial charge on any atom is -0.352 e. The number of hydrogen-bond donors (Lipinski definition) is 2. The summed E-state index contributed by atoms with van der Waals surface area (Å²) in [5.74, 6) is -0.175. The highest BCUT2D eigenvalue weighted by Gasteiger charge is 2.13. The van der Waals surface area contributed by atoms with Gasteiger partial charge in [0.2, 0.25) is 0 Å². The van der Waals surface area contributed by atoms with E-state index in [1.165, 1.54) is 17.7 Å². The number of hydrogen-bond acceptors (Lipinski definition) is 3. The van der Waals surface area contributed by atoms with Crippen molar-refractivity contribution >= 4 is 21.6 Å². The highest BCUT2D eigenvalue weighted by Crippen LogP contribution is 2.16. The number of carbonyl (C=O) groups is 1. The van der Waals surface area contributed by atoms with Gasteiger partial charge in [-0.15, -0.1) is 0 Å². The molecular weight excluding hydrogens is 372 g/mol. The number of nitrogens with one attached hydrogen (secondary N) is 2. The number of anilines is 1. The molecule has 0 aromatic heterocycles. The van der Waals surface area contributed by atoms with E-state index in [1.807, 2.05) is 18.2 Å². The molecule has 0 aliphatic heterocycles.